The highest BCUT2D eigenvalue weighted by molar-refractivity contribution is 6.15. The van der Waals surface area contributed by atoms with E-state index in [1.165, 1.54) is 27.4 Å². The van der Waals surface area contributed by atoms with E-state index in [9.17, 15) is 0 Å². The monoisotopic (exact) mass is 805 g/mol. The standard InChI is InChI=1S/C58H35N3O2/c1-4-14-36(15-5-1)40-27-31-52-48(34-40)55-56(37-16-6-2-7-17-37)59-57(60-58(55)63-52)45-23-13-25-53-54(45)47-35-42(28-30-51(47)62-53)39-19-12-18-38(32-39)41-26-29-50-46(33-41)44-22-10-11-24-49(44)61(50)43-20-8-3-9-21-43/h1-35H. The van der Waals surface area contributed by atoms with Gasteiger partial charge in [-0.25, -0.2) is 4.98 Å². The molecule has 4 heterocycles. The van der Waals surface area contributed by atoms with Crippen LogP contribution >= 0.6 is 0 Å². The van der Waals surface area contributed by atoms with Crippen LogP contribution in [0.5, 0.6) is 0 Å². The molecule has 0 radical (unpaired) electrons. The summed E-state index contributed by atoms with van der Waals surface area (Å²) in [7, 11) is 0. The number of furan rings is 2. The molecule has 0 unspecified atom stereocenters. The van der Waals surface area contributed by atoms with Gasteiger partial charge in [0.05, 0.1) is 22.1 Å². The summed E-state index contributed by atoms with van der Waals surface area (Å²) in [5.41, 5.74) is 15.9. The fourth-order valence-electron chi connectivity index (χ4n) is 9.49. The van der Waals surface area contributed by atoms with Crippen molar-refractivity contribution in [3.8, 4) is 61.7 Å². The molecule has 13 rings (SSSR count). The minimum absolute atomic E-state index is 0.546. The molecule has 0 atom stereocenters. The summed E-state index contributed by atoms with van der Waals surface area (Å²) >= 11 is 0. The van der Waals surface area contributed by atoms with Crippen LogP contribution in [-0.4, -0.2) is 14.5 Å². The molecule has 0 saturated carbocycles. The molecule has 294 valence electrons. The van der Waals surface area contributed by atoms with Crippen molar-refractivity contribution in [2.45, 2.75) is 0 Å². The second-order valence-electron chi connectivity index (χ2n) is 16.1. The van der Waals surface area contributed by atoms with E-state index in [4.69, 9.17) is 18.8 Å². The molecule has 5 heteroatoms. The lowest BCUT2D eigenvalue weighted by molar-refractivity contribution is 0.653. The summed E-state index contributed by atoms with van der Waals surface area (Å²) in [4.78, 5) is 10.5. The van der Waals surface area contributed by atoms with Crippen LogP contribution in [0.4, 0.5) is 0 Å². The summed E-state index contributed by atoms with van der Waals surface area (Å²) in [6, 6.07) is 74.5. The minimum atomic E-state index is 0.546. The van der Waals surface area contributed by atoms with Crippen LogP contribution in [0.15, 0.2) is 221 Å². The van der Waals surface area contributed by atoms with Crippen LogP contribution in [0, 0.1) is 0 Å². The van der Waals surface area contributed by atoms with E-state index in [1.807, 2.05) is 42.5 Å². The van der Waals surface area contributed by atoms with Crippen LogP contribution in [0.25, 0.3) is 128 Å². The Bertz CT molecular complexity index is 3900. The van der Waals surface area contributed by atoms with Crippen molar-refractivity contribution in [2.75, 3.05) is 0 Å². The van der Waals surface area contributed by atoms with Crippen LogP contribution < -0.4 is 0 Å². The number of hydrogen-bond acceptors (Lipinski definition) is 4. The van der Waals surface area contributed by atoms with Gasteiger partial charge in [-0.1, -0.05) is 146 Å². The normalized spacial score (nSPS) is 11.8. The fourth-order valence-corrected chi connectivity index (χ4v) is 9.49. The SMILES string of the molecule is c1ccc(-c2ccc3oc4nc(-c5cccc6oc7ccc(-c8cccc(-c9ccc%10c(c9)c9ccccc9n%10-c9ccccc9)c8)cc7c56)nc(-c5ccccc5)c4c3c2)cc1. The molecule has 0 fully saturated rings. The Kier molecular flexibility index (Phi) is 7.84. The molecule has 0 saturated heterocycles. The van der Waals surface area contributed by atoms with E-state index in [2.05, 4.69) is 174 Å². The topological polar surface area (TPSA) is 57.0 Å². The van der Waals surface area contributed by atoms with Gasteiger partial charge < -0.3 is 13.4 Å². The van der Waals surface area contributed by atoms with E-state index in [0.717, 1.165) is 88.6 Å². The maximum absolute atomic E-state index is 6.56. The van der Waals surface area contributed by atoms with Crippen molar-refractivity contribution in [1.82, 2.24) is 14.5 Å². The molecule has 63 heavy (non-hydrogen) atoms. The number of aromatic nitrogens is 3. The highest BCUT2D eigenvalue weighted by Crippen LogP contribution is 2.42. The predicted octanol–water partition coefficient (Wildman–Crippen LogP) is 15.7. The zero-order valence-corrected chi connectivity index (χ0v) is 33.9. The van der Waals surface area contributed by atoms with Crippen LogP contribution in [0.2, 0.25) is 0 Å². The predicted molar refractivity (Wildman–Crippen MR) is 258 cm³/mol. The highest BCUT2D eigenvalue weighted by Gasteiger charge is 2.22. The number of para-hydroxylation sites is 2. The number of hydrogen-bond donors (Lipinski definition) is 0. The Balaban J connectivity index is 0.943. The van der Waals surface area contributed by atoms with Gasteiger partial charge in [0.15, 0.2) is 5.82 Å². The third-order valence-electron chi connectivity index (χ3n) is 12.4. The molecule has 0 aliphatic rings. The van der Waals surface area contributed by atoms with Crippen molar-refractivity contribution < 1.29 is 8.83 Å². The van der Waals surface area contributed by atoms with Gasteiger partial charge in [-0.15, -0.1) is 0 Å². The maximum atomic E-state index is 6.56. The molecule has 13 aromatic rings. The number of fused-ring (bicyclic) bond motifs is 9. The first-order chi connectivity index (χ1) is 31.2. The molecule has 0 N–H and O–H groups in total. The average molecular weight is 806 g/mol. The first-order valence-electron chi connectivity index (χ1n) is 21.2. The van der Waals surface area contributed by atoms with Crippen LogP contribution in [-0.2, 0) is 0 Å². The molecule has 4 aromatic heterocycles. The number of rotatable bonds is 6. The zero-order valence-electron chi connectivity index (χ0n) is 33.9. The summed E-state index contributed by atoms with van der Waals surface area (Å²) in [5, 5.41) is 6.30. The third-order valence-corrected chi connectivity index (χ3v) is 12.4. The summed E-state index contributed by atoms with van der Waals surface area (Å²) in [6.07, 6.45) is 0. The first-order valence-corrected chi connectivity index (χ1v) is 21.2. The Hall–Kier alpha value is -8.54. The Labute approximate surface area is 361 Å². The Morgan fingerprint density at radius 2 is 0.889 bits per heavy atom. The molecule has 0 bridgehead atoms. The van der Waals surface area contributed by atoms with Gasteiger partial charge >= 0.3 is 0 Å². The lowest BCUT2D eigenvalue weighted by Crippen LogP contribution is -1.94. The lowest BCUT2D eigenvalue weighted by Gasteiger charge is -2.09. The molecule has 0 amide bonds. The third kappa shape index (κ3) is 5.71. The summed E-state index contributed by atoms with van der Waals surface area (Å²) in [5.74, 6) is 0.577. The Morgan fingerprint density at radius 1 is 0.333 bits per heavy atom. The molecule has 5 nitrogen and oxygen atoms in total. The van der Waals surface area contributed by atoms with Crippen molar-refractivity contribution >= 4 is 65.8 Å². The fraction of sp³-hybridized carbons (Fsp3) is 0. The molecule has 9 aromatic carbocycles. The van der Waals surface area contributed by atoms with E-state index in [0.29, 0.717) is 11.5 Å². The van der Waals surface area contributed by atoms with Gasteiger partial charge in [-0.3, -0.25) is 0 Å². The largest absolute Gasteiger partial charge is 0.456 e. The van der Waals surface area contributed by atoms with Gasteiger partial charge in [0.2, 0.25) is 5.71 Å². The van der Waals surface area contributed by atoms with E-state index >= 15 is 0 Å². The summed E-state index contributed by atoms with van der Waals surface area (Å²) < 4.78 is 15.5. The van der Waals surface area contributed by atoms with E-state index < -0.39 is 0 Å². The van der Waals surface area contributed by atoms with Crippen molar-refractivity contribution in [3.63, 3.8) is 0 Å². The Morgan fingerprint density at radius 3 is 1.65 bits per heavy atom. The molecule has 0 aliphatic heterocycles. The minimum Gasteiger partial charge on any atom is -0.456 e. The molecular formula is C58H35N3O2. The number of benzene rings is 9. The molecule has 0 aliphatic carbocycles. The number of nitrogens with zero attached hydrogens (tertiary/aromatic N) is 3. The van der Waals surface area contributed by atoms with Gasteiger partial charge in [-0.2, -0.15) is 4.98 Å². The second kappa shape index (κ2) is 14.0. The van der Waals surface area contributed by atoms with Gasteiger partial charge in [0, 0.05) is 43.7 Å². The quantitative estimate of drug-likeness (QED) is 0.168. The van der Waals surface area contributed by atoms with Crippen molar-refractivity contribution in [2.24, 2.45) is 0 Å². The van der Waals surface area contributed by atoms with Crippen molar-refractivity contribution in [3.05, 3.63) is 212 Å². The first kappa shape index (κ1) is 35.2. The molecular weight excluding hydrogens is 771 g/mol. The van der Waals surface area contributed by atoms with Gasteiger partial charge in [0.1, 0.15) is 16.7 Å². The average Bonchev–Trinajstić information content (AvgIpc) is 4.03. The smallest absolute Gasteiger partial charge is 0.231 e. The van der Waals surface area contributed by atoms with Crippen LogP contribution in [0.3, 0.4) is 0 Å². The summed E-state index contributed by atoms with van der Waals surface area (Å²) in [6.45, 7) is 0. The zero-order chi connectivity index (χ0) is 41.4. The van der Waals surface area contributed by atoms with E-state index in [1.54, 1.807) is 0 Å². The van der Waals surface area contributed by atoms with Gasteiger partial charge in [-0.05, 0) is 100 Å². The van der Waals surface area contributed by atoms with Crippen molar-refractivity contribution in [1.29, 1.82) is 0 Å². The van der Waals surface area contributed by atoms with Gasteiger partial charge in [0.25, 0.3) is 0 Å². The lowest BCUT2D eigenvalue weighted by atomic mass is 9.96. The maximum Gasteiger partial charge on any atom is 0.231 e. The highest BCUT2D eigenvalue weighted by atomic mass is 16.3. The van der Waals surface area contributed by atoms with E-state index in [-0.39, 0.29) is 0 Å². The van der Waals surface area contributed by atoms with Crippen LogP contribution in [0.1, 0.15) is 0 Å². The molecule has 0 spiro atoms. The second-order valence-corrected chi connectivity index (χ2v) is 16.1.